The average molecular weight is 554 g/mol. The third-order valence-electron chi connectivity index (χ3n) is 7.76. The molecule has 4 rings (SSSR count). The minimum atomic E-state index is -0.590. The molecule has 0 spiro atoms. The number of nitrogens with zero attached hydrogens (tertiary/aromatic N) is 2. The standard InChI is InChI=1S/C30H40ClN5O3/c1-29(2,3)17-36(5)15-25-21(11-26(31)28-24(25)14-33-35-28)8-19(16-37)9-27(39)34-23-7-6-20-12-30(18-38,32-4)13-22(20)10-23/h6-7,10-11,14,16,18-19,24,28,32,35H,8-9,12-13,15,17H2,1-5H3,(H,34,39). The molecular weight excluding hydrogens is 514 g/mol. The molecule has 210 valence electrons. The molecule has 1 aromatic carbocycles. The molecule has 8 nitrogen and oxygen atoms in total. The van der Waals surface area contributed by atoms with Crippen molar-refractivity contribution in [3.63, 3.8) is 0 Å². The Hall–Kier alpha value is -2.81. The van der Waals surface area contributed by atoms with Crippen LogP contribution < -0.4 is 16.1 Å². The number of nitrogens with one attached hydrogen (secondary N) is 3. The van der Waals surface area contributed by atoms with Crippen molar-refractivity contribution < 1.29 is 14.4 Å². The van der Waals surface area contributed by atoms with E-state index >= 15 is 0 Å². The molecule has 4 unspecified atom stereocenters. The molecule has 0 fully saturated rings. The molecule has 2 aliphatic carbocycles. The number of fused-ring (bicyclic) bond motifs is 2. The molecule has 9 heteroatoms. The number of carbonyl (C=O) groups excluding carboxylic acids is 3. The highest BCUT2D eigenvalue weighted by molar-refractivity contribution is 6.31. The number of hydrazone groups is 1. The number of carbonyl (C=O) groups is 3. The van der Waals surface area contributed by atoms with E-state index in [0.29, 0.717) is 30.0 Å². The van der Waals surface area contributed by atoms with Crippen molar-refractivity contribution in [1.82, 2.24) is 15.6 Å². The number of halogens is 1. The molecule has 4 atom stereocenters. The van der Waals surface area contributed by atoms with Crippen LogP contribution in [-0.2, 0) is 27.2 Å². The van der Waals surface area contributed by atoms with Gasteiger partial charge in [0.2, 0.25) is 5.91 Å². The summed E-state index contributed by atoms with van der Waals surface area (Å²) in [6.45, 7) is 8.26. The number of rotatable bonds is 11. The Kier molecular flexibility index (Phi) is 8.78. The fourth-order valence-electron chi connectivity index (χ4n) is 6.01. The first-order valence-electron chi connectivity index (χ1n) is 13.5. The van der Waals surface area contributed by atoms with E-state index < -0.39 is 11.5 Å². The molecule has 3 aliphatic rings. The van der Waals surface area contributed by atoms with E-state index in [2.05, 4.69) is 53.9 Å². The maximum Gasteiger partial charge on any atom is 0.225 e. The molecule has 0 bridgehead atoms. The summed E-state index contributed by atoms with van der Waals surface area (Å²) >= 11 is 6.62. The highest BCUT2D eigenvalue weighted by atomic mass is 35.5. The van der Waals surface area contributed by atoms with Crippen LogP contribution in [0.4, 0.5) is 5.69 Å². The van der Waals surface area contributed by atoms with E-state index in [1.807, 2.05) is 30.5 Å². The zero-order chi connectivity index (χ0) is 28.4. The van der Waals surface area contributed by atoms with Crippen LogP contribution in [-0.4, -0.2) is 68.4 Å². The zero-order valence-corrected chi connectivity index (χ0v) is 24.3. The van der Waals surface area contributed by atoms with Crippen LogP contribution in [0, 0.1) is 17.3 Å². The van der Waals surface area contributed by atoms with Crippen molar-refractivity contribution in [2.24, 2.45) is 22.4 Å². The second kappa shape index (κ2) is 11.7. The number of hydrogen-bond donors (Lipinski definition) is 3. The number of hydrogen-bond acceptors (Lipinski definition) is 7. The Bertz CT molecular complexity index is 1220. The summed E-state index contributed by atoms with van der Waals surface area (Å²) in [6.07, 6.45) is 7.37. The Morgan fingerprint density at radius 2 is 2.03 bits per heavy atom. The molecule has 1 aromatic rings. The van der Waals surface area contributed by atoms with Crippen molar-refractivity contribution in [3.05, 3.63) is 51.6 Å². The van der Waals surface area contributed by atoms with Gasteiger partial charge in [-0.15, -0.1) is 0 Å². The van der Waals surface area contributed by atoms with Crippen molar-refractivity contribution in [2.45, 2.75) is 58.0 Å². The summed E-state index contributed by atoms with van der Waals surface area (Å²) in [6, 6.07) is 5.64. The summed E-state index contributed by atoms with van der Waals surface area (Å²) in [5.74, 6) is -0.698. The number of allylic oxidation sites excluding steroid dienone is 2. The van der Waals surface area contributed by atoms with Crippen LogP contribution in [0.25, 0.3) is 0 Å². The van der Waals surface area contributed by atoms with Gasteiger partial charge in [0, 0.05) is 48.3 Å². The molecule has 1 amide bonds. The van der Waals surface area contributed by atoms with Gasteiger partial charge in [0.05, 0.1) is 11.6 Å². The lowest BCUT2D eigenvalue weighted by Crippen LogP contribution is -2.45. The first-order valence-corrected chi connectivity index (χ1v) is 13.9. The van der Waals surface area contributed by atoms with Gasteiger partial charge in [0.15, 0.2) is 0 Å². The number of aldehydes is 2. The molecule has 3 N–H and O–H groups in total. The summed E-state index contributed by atoms with van der Waals surface area (Å²) < 4.78 is 0. The van der Waals surface area contributed by atoms with Gasteiger partial charge in [0.1, 0.15) is 12.6 Å². The van der Waals surface area contributed by atoms with Crippen molar-refractivity contribution in [3.8, 4) is 0 Å². The predicted octanol–water partition coefficient (Wildman–Crippen LogP) is 3.46. The smallest absolute Gasteiger partial charge is 0.225 e. The largest absolute Gasteiger partial charge is 0.326 e. The molecule has 0 aromatic heterocycles. The minimum Gasteiger partial charge on any atom is -0.326 e. The van der Waals surface area contributed by atoms with Crippen LogP contribution in [0.15, 0.2) is 45.6 Å². The van der Waals surface area contributed by atoms with E-state index in [1.165, 1.54) is 5.57 Å². The first kappa shape index (κ1) is 29.2. The average Bonchev–Trinajstić information content (AvgIpc) is 3.50. The highest BCUT2D eigenvalue weighted by Crippen LogP contribution is 2.37. The highest BCUT2D eigenvalue weighted by Gasteiger charge is 2.37. The quantitative estimate of drug-likeness (QED) is 0.363. The third kappa shape index (κ3) is 6.86. The van der Waals surface area contributed by atoms with Crippen LogP contribution in [0.1, 0.15) is 44.7 Å². The van der Waals surface area contributed by atoms with E-state index in [0.717, 1.165) is 42.4 Å². The maximum absolute atomic E-state index is 13.0. The summed E-state index contributed by atoms with van der Waals surface area (Å²) in [5.41, 5.74) is 7.63. The molecule has 0 saturated carbocycles. The zero-order valence-electron chi connectivity index (χ0n) is 23.5. The van der Waals surface area contributed by atoms with Crippen LogP contribution >= 0.6 is 11.6 Å². The fourth-order valence-corrected chi connectivity index (χ4v) is 6.33. The number of amides is 1. The van der Waals surface area contributed by atoms with Crippen molar-refractivity contribution in [2.75, 3.05) is 32.5 Å². The number of anilines is 1. The predicted molar refractivity (Wildman–Crippen MR) is 156 cm³/mol. The van der Waals surface area contributed by atoms with Gasteiger partial charge < -0.3 is 30.5 Å². The molecule has 39 heavy (non-hydrogen) atoms. The topological polar surface area (TPSA) is 103 Å². The lowest BCUT2D eigenvalue weighted by atomic mass is 9.81. The fraction of sp³-hybridized carbons (Fsp3) is 0.533. The number of likely N-dealkylation sites (N-methyl/N-ethyl adjacent to an activating group) is 2. The van der Waals surface area contributed by atoms with Crippen LogP contribution in [0.2, 0.25) is 0 Å². The van der Waals surface area contributed by atoms with Crippen LogP contribution in [0.3, 0.4) is 0 Å². The summed E-state index contributed by atoms with van der Waals surface area (Å²) in [7, 11) is 3.89. The molecular formula is C30H40ClN5O3. The Balaban J connectivity index is 1.46. The molecule has 0 radical (unpaired) electrons. The van der Waals surface area contributed by atoms with Gasteiger partial charge in [0.25, 0.3) is 0 Å². The van der Waals surface area contributed by atoms with Crippen molar-refractivity contribution >= 4 is 42.0 Å². The molecule has 0 saturated heterocycles. The van der Waals surface area contributed by atoms with Gasteiger partial charge >= 0.3 is 0 Å². The van der Waals surface area contributed by atoms with Gasteiger partial charge in [-0.1, -0.05) is 38.4 Å². The second-order valence-electron chi connectivity index (χ2n) is 12.4. The summed E-state index contributed by atoms with van der Waals surface area (Å²) in [5, 5.41) is 11.0. The third-order valence-corrected chi connectivity index (χ3v) is 8.11. The first-order chi connectivity index (χ1) is 18.5. The van der Waals surface area contributed by atoms with Gasteiger partial charge in [-0.2, -0.15) is 5.10 Å². The van der Waals surface area contributed by atoms with Crippen LogP contribution in [0.5, 0.6) is 0 Å². The van der Waals surface area contributed by atoms with Gasteiger partial charge in [-0.3, -0.25) is 4.79 Å². The van der Waals surface area contributed by atoms with Gasteiger partial charge in [-0.25, -0.2) is 0 Å². The second-order valence-corrected chi connectivity index (χ2v) is 12.9. The summed E-state index contributed by atoms with van der Waals surface area (Å²) in [4.78, 5) is 39.1. The Morgan fingerprint density at radius 1 is 1.28 bits per heavy atom. The SMILES string of the molecule is CNC1(C=O)Cc2ccc(NC(=O)CC(C=O)CC3=C(CN(C)CC(C)(C)C)C4C=NNC4C(Cl)=C3)cc2C1. The van der Waals surface area contributed by atoms with Gasteiger partial charge in [-0.05, 0) is 79.3 Å². The maximum atomic E-state index is 13.0. The van der Waals surface area contributed by atoms with Crippen molar-refractivity contribution in [1.29, 1.82) is 0 Å². The molecule has 1 aliphatic heterocycles. The van der Waals surface area contributed by atoms with E-state index in [4.69, 9.17) is 11.6 Å². The number of benzene rings is 1. The van der Waals surface area contributed by atoms with E-state index in [1.54, 1.807) is 7.05 Å². The lowest BCUT2D eigenvalue weighted by molar-refractivity contribution is -0.120. The minimum absolute atomic E-state index is 0.0172. The normalized spacial score (nSPS) is 24.6. The lowest BCUT2D eigenvalue weighted by Gasteiger charge is -2.33. The van der Waals surface area contributed by atoms with E-state index in [-0.39, 0.29) is 29.7 Å². The Labute approximate surface area is 236 Å². The monoisotopic (exact) mass is 553 g/mol. The van der Waals surface area contributed by atoms with E-state index in [9.17, 15) is 14.4 Å². The Morgan fingerprint density at radius 3 is 2.69 bits per heavy atom. The molecule has 1 heterocycles.